The third kappa shape index (κ3) is 5.34. The molecule has 0 bridgehead atoms. The summed E-state index contributed by atoms with van der Waals surface area (Å²) in [6.07, 6.45) is 8.81. The van der Waals surface area contributed by atoms with Gasteiger partial charge in [-0.1, -0.05) is 54.4 Å². The molecule has 5 fully saturated rings. The molecular weight excluding hydrogens is 479 g/mol. The van der Waals surface area contributed by atoms with Crippen LogP contribution in [0.25, 0.3) is 0 Å². The van der Waals surface area contributed by atoms with E-state index in [4.69, 9.17) is 14.6 Å². The van der Waals surface area contributed by atoms with Crippen LogP contribution in [0.5, 0.6) is 0 Å². The molecule has 37 heavy (non-hydrogen) atoms. The first-order valence-corrected chi connectivity index (χ1v) is 14.9. The van der Waals surface area contributed by atoms with E-state index in [1.54, 1.807) is 0 Å². The second kappa shape index (κ2) is 10.6. The summed E-state index contributed by atoms with van der Waals surface area (Å²) in [4.78, 5) is 8.90. The summed E-state index contributed by atoms with van der Waals surface area (Å²) in [5.74, 6) is 4.29. The van der Waals surface area contributed by atoms with E-state index in [0.29, 0.717) is 22.9 Å². The Balaban J connectivity index is 0.000000405. The monoisotopic (exact) mass is 529 g/mol. The van der Waals surface area contributed by atoms with Crippen LogP contribution in [0.15, 0.2) is 0 Å². The van der Waals surface area contributed by atoms with Crippen LogP contribution in [0.1, 0.15) is 99.3 Å². The number of carbonyl (C=O) groups is 1. The number of hydrogen-bond donors (Lipinski definition) is 2. The average molecular weight is 530 g/mol. The van der Waals surface area contributed by atoms with Crippen molar-refractivity contribution in [2.75, 3.05) is 6.54 Å². The number of fused-ring (bicyclic) bond motifs is 7. The predicted molar refractivity (Wildman–Crippen MR) is 139 cm³/mol. The van der Waals surface area contributed by atoms with Gasteiger partial charge in [0, 0.05) is 12.5 Å². The second-order valence-corrected chi connectivity index (χ2v) is 14.0. The minimum Gasteiger partial charge on any atom is -0.475 e. The number of carboxylic acids is 1. The highest BCUT2D eigenvalue weighted by molar-refractivity contribution is 5.73. The molecular formula is C30H50F3NO3. The average Bonchev–Trinajstić information content (AvgIpc) is 3.30. The Morgan fingerprint density at radius 3 is 2.32 bits per heavy atom. The summed E-state index contributed by atoms with van der Waals surface area (Å²) in [6, 6.07) is 0. The van der Waals surface area contributed by atoms with Crippen molar-refractivity contribution in [2.24, 2.45) is 58.2 Å². The second-order valence-electron chi connectivity index (χ2n) is 14.0. The van der Waals surface area contributed by atoms with Gasteiger partial charge in [0.05, 0.1) is 6.10 Å². The molecule has 0 spiro atoms. The van der Waals surface area contributed by atoms with Gasteiger partial charge in [0.15, 0.2) is 0 Å². The van der Waals surface area contributed by atoms with Crippen molar-refractivity contribution < 1.29 is 27.8 Å². The third-order valence-corrected chi connectivity index (χ3v) is 12.0. The van der Waals surface area contributed by atoms with Crippen LogP contribution in [0.3, 0.4) is 0 Å². The Bertz CT molecular complexity index is 820. The molecule has 12 atom stereocenters. The summed E-state index contributed by atoms with van der Waals surface area (Å²) in [7, 11) is 0. The zero-order valence-electron chi connectivity index (χ0n) is 23.7. The minimum atomic E-state index is -5.08. The van der Waals surface area contributed by atoms with Gasteiger partial charge in [-0.2, -0.15) is 13.2 Å². The fourth-order valence-corrected chi connectivity index (χ4v) is 9.78. The summed E-state index contributed by atoms with van der Waals surface area (Å²) < 4.78 is 38.5. The number of halogens is 3. The van der Waals surface area contributed by atoms with E-state index in [0.717, 1.165) is 48.0 Å². The topological polar surface area (TPSA) is 58.6 Å². The maximum Gasteiger partial charge on any atom is 0.490 e. The van der Waals surface area contributed by atoms with Crippen LogP contribution >= 0.6 is 0 Å². The smallest absolute Gasteiger partial charge is 0.475 e. The van der Waals surface area contributed by atoms with Gasteiger partial charge in [-0.15, -0.1) is 0 Å². The zero-order valence-corrected chi connectivity index (χ0v) is 23.7. The predicted octanol–water partition coefficient (Wildman–Crippen LogP) is 7.52. The maximum absolute atomic E-state index is 10.6. The van der Waals surface area contributed by atoms with Crippen molar-refractivity contribution >= 4 is 5.97 Å². The van der Waals surface area contributed by atoms with Crippen molar-refractivity contribution in [2.45, 2.75) is 118 Å². The molecule has 2 N–H and O–H groups in total. The first-order valence-electron chi connectivity index (χ1n) is 14.9. The Morgan fingerprint density at radius 1 is 1.05 bits per heavy atom. The molecule has 1 heterocycles. The molecule has 0 aromatic rings. The molecule has 1 saturated heterocycles. The van der Waals surface area contributed by atoms with Gasteiger partial charge in [0.1, 0.15) is 6.23 Å². The van der Waals surface area contributed by atoms with Crippen LogP contribution in [0.2, 0.25) is 0 Å². The van der Waals surface area contributed by atoms with Crippen molar-refractivity contribution in [3.63, 3.8) is 0 Å². The minimum absolute atomic E-state index is 0.289. The van der Waals surface area contributed by atoms with Gasteiger partial charge in [-0.3, -0.25) is 5.32 Å². The summed E-state index contributed by atoms with van der Waals surface area (Å²) in [5.41, 5.74) is 1.16. The Labute approximate surface area is 221 Å². The van der Waals surface area contributed by atoms with Crippen molar-refractivity contribution in [1.29, 1.82) is 0 Å². The van der Waals surface area contributed by atoms with Crippen molar-refractivity contribution in [3.05, 3.63) is 0 Å². The molecule has 5 aliphatic rings. The molecule has 214 valence electrons. The lowest BCUT2D eigenvalue weighted by molar-refractivity contribution is -0.192. The molecule has 7 heteroatoms. The highest BCUT2D eigenvalue weighted by Crippen LogP contribution is 2.70. The van der Waals surface area contributed by atoms with Gasteiger partial charge >= 0.3 is 12.1 Å². The Kier molecular flexibility index (Phi) is 8.38. The van der Waals surface area contributed by atoms with Crippen LogP contribution in [0.4, 0.5) is 13.2 Å². The van der Waals surface area contributed by atoms with Crippen molar-refractivity contribution in [3.8, 4) is 0 Å². The van der Waals surface area contributed by atoms with Crippen LogP contribution in [-0.2, 0) is 9.53 Å². The van der Waals surface area contributed by atoms with Gasteiger partial charge < -0.3 is 9.84 Å². The third-order valence-electron chi connectivity index (χ3n) is 12.0. The largest absolute Gasteiger partial charge is 0.490 e. The van der Waals surface area contributed by atoms with Gasteiger partial charge in [-0.05, 0) is 97.2 Å². The SMILES string of the molecule is CC[C@H](C)CN[C@H]1O[C@H]2CC3[C@@H]4CCC5CC(C)CC[C@]5(C)C4CC[C@]3(C)C2[C@@H]1C.O=C(O)C(F)(F)F. The fourth-order valence-electron chi connectivity index (χ4n) is 9.78. The first kappa shape index (κ1) is 29.2. The molecule has 4 saturated carbocycles. The molecule has 1 aliphatic heterocycles. The zero-order chi connectivity index (χ0) is 27.3. The summed E-state index contributed by atoms with van der Waals surface area (Å²) in [5, 5.41) is 10.9. The molecule has 0 radical (unpaired) electrons. The fraction of sp³-hybridized carbons (Fsp3) is 0.967. The van der Waals surface area contributed by atoms with E-state index >= 15 is 0 Å². The highest BCUT2D eigenvalue weighted by Gasteiger charge is 2.65. The van der Waals surface area contributed by atoms with Crippen LogP contribution < -0.4 is 5.32 Å². The number of rotatable bonds is 4. The number of ether oxygens (including phenoxy) is 1. The van der Waals surface area contributed by atoms with Crippen LogP contribution in [-0.4, -0.2) is 36.1 Å². The molecule has 5 rings (SSSR count). The van der Waals surface area contributed by atoms with E-state index in [9.17, 15) is 13.2 Å². The molecule has 4 aliphatic carbocycles. The van der Waals surface area contributed by atoms with E-state index in [-0.39, 0.29) is 6.23 Å². The number of aliphatic carboxylic acids is 1. The molecule has 0 aromatic carbocycles. The number of hydrogen-bond acceptors (Lipinski definition) is 3. The molecule has 4 nitrogen and oxygen atoms in total. The lowest BCUT2D eigenvalue weighted by atomic mass is 9.44. The first-order chi connectivity index (χ1) is 17.2. The quantitative estimate of drug-likeness (QED) is 0.395. The number of alkyl halides is 3. The van der Waals surface area contributed by atoms with E-state index in [2.05, 4.69) is 46.9 Å². The van der Waals surface area contributed by atoms with E-state index in [1.165, 1.54) is 57.8 Å². The summed E-state index contributed by atoms with van der Waals surface area (Å²) >= 11 is 0. The van der Waals surface area contributed by atoms with E-state index in [1.807, 2.05) is 0 Å². The van der Waals surface area contributed by atoms with Gasteiger partial charge in [0.2, 0.25) is 0 Å². The Morgan fingerprint density at radius 2 is 1.70 bits per heavy atom. The van der Waals surface area contributed by atoms with Crippen molar-refractivity contribution in [1.82, 2.24) is 5.32 Å². The lowest BCUT2D eigenvalue weighted by Crippen LogP contribution is -2.54. The molecule has 5 unspecified atom stereocenters. The maximum atomic E-state index is 10.6. The van der Waals surface area contributed by atoms with Gasteiger partial charge in [0.25, 0.3) is 0 Å². The van der Waals surface area contributed by atoms with E-state index < -0.39 is 12.1 Å². The lowest BCUT2D eigenvalue weighted by Gasteiger charge is -2.61. The van der Waals surface area contributed by atoms with Crippen LogP contribution in [0, 0.1) is 58.2 Å². The normalized spacial score (nSPS) is 47.5. The Hall–Kier alpha value is -0.820. The number of carboxylic acid groups (broad SMARTS) is 1. The van der Waals surface area contributed by atoms with Gasteiger partial charge in [-0.25, -0.2) is 4.79 Å². The molecule has 0 amide bonds. The highest BCUT2D eigenvalue weighted by atomic mass is 19.4. The summed E-state index contributed by atoms with van der Waals surface area (Å²) in [6.45, 7) is 16.2. The molecule has 0 aromatic heterocycles. The standard InChI is InChI=1S/C28H49NO.C2HF3O2/c1-7-17(2)16-29-26-19(4)25-24(30-26)15-23-21-9-8-20-14-18(3)10-12-27(20,5)22(21)11-13-28(23,25)6;3-2(4,5)1(6)7/h17-26,29H,7-16H2,1-6H3;(H,6,7)/t17-,18?,19-,20?,21+,22?,23?,24-,25?,26-,27-,28-;/m0./s1. The number of nitrogens with one attached hydrogen (secondary N) is 1.